The van der Waals surface area contributed by atoms with Gasteiger partial charge in [-0.15, -0.1) is 0 Å². The van der Waals surface area contributed by atoms with Gasteiger partial charge in [-0.2, -0.15) is 0 Å². The van der Waals surface area contributed by atoms with Gasteiger partial charge in [-0.05, 0) is 56.4 Å². The van der Waals surface area contributed by atoms with Crippen molar-refractivity contribution < 1.29 is 14.4 Å². The van der Waals surface area contributed by atoms with E-state index in [0.717, 1.165) is 51.3 Å². The van der Waals surface area contributed by atoms with Crippen LogP contribution in [0.1, 0.15) is 53.9 Å². The van der Waals surface area contributed by atoms with Crippen molar-refractivity contribution in [3.8, 4) is 22.3 Å². The van der Waals surface area contributed by atoms with Crippen LogP contribution in [0.15, 0.2) is 47.2 Å². The van der Waals surface area contributed by atoms with Crippen molar-refractivity contribution in [2.75, 3.05) is 0 Å². The third-order valence-electron chi connectivity index (χ3n) is 6.66. The van der Waals surface area contributed by atoms with Gasteiger partial charge >= 0.3 is 5.97 Å². The van der Waals surface area contributed by atoms with Gasteiger partial charge in [0.05, 0.1) is 22.3 Å². The number of hydrogen-bond donors (Lipinski definition) is 1. The topological polar surface area (TPSA) is 81.2 Å². The lowest BCUT2D eigenvalue weighted by Crippen LogP contribution is -2.13. The molecule has 3 aromatic heterocycles. The minimum Gasteiger partial charge on any atom is -0.478 e. The highest BCUT2D eigenvalue weighted by Crippen LogP contribution is 2.35. The van der Waals surface area contributed by atoms with E-state index >= 15 is 0 Å². The third-order valence-corrected chi connectivity index (χ3v) is 6.66. The summed E-state index contributed by atoms with van der Waals surface area (Å²) in [5.74, 6) is 0.543. The Morgan fingerprint density at radius 1 is 1.12 bits per heavy atom. The molecule has 0 amide bonds. The number of nitrogens with zero attached hydrogens (tertiary/aromatic N) is 3. The summed E-state index contributed by atoms with van der Waals surface area (Å²) in [7, 11) is 0. The summed E-state index contributed by atoms with van der Waals surface area (Å²) in [5, 5.41) is 13.3. The first-order valence-corrected chi connectivity index (χ1v) is 11.3. The van der Waals surface area contributed by atoms with Crippen molar-refractivity contribution in [3.63, 3.8) is 0 Å². The van der Waals surface area contributed by atoms with Crippen LogP contribution in [0.25, 0.3) is 33.3 Å². The van der Waals surface area contributed by atoms with Crippen LogP contribution in [0.2, 0.25) is 0 Å². The van der Waals surface area contributed by atoms with E-state index in [2.05, 4.69) is 22.0 Å². The average Bonchev–Trinajstić information content (AvgIpc) is 3.33. The molecule has 0 saturated heterocycles. The molecule has 1 saturated carbocycles. The first-order valence-electron chi connectivity index (χ1n) is 11.3. The van der Waals surface area contributed by atoms with E-state index in [0.29, 0.717) is 5.92 Å². The van der Waals surface area contributed by atoms with Gasteiger partial charge < -0.3 is 14.2 Å². The lowest BCUT2D eigenvalue weighted by atomic mass is 9.89. The number of fused-ring (bicyclic) bond motifs is 1. The molecule has 0 atom stereocenters. The average molecular weight is 430 g/mol. The number of hydrogen-bond acceptors (Lipinski definition) is 4. The van der Waals surface area contributed by atoms with Gasteiger partial charge in [-0.25, -0.2) is 4.79 Å². The van der Waals surface area contributed by atoms with Crippen LogP contribution in [-0.4, -0.2) is 25.8 Å². The first kappa shape index (κ1) is 20.5. The minimum absolute atomic E-state index is 0.286. The van der Waals surface area contributed by atoms with Crippen molar-refractivity contribution in [2.45, 2.75) is 52.5 Å². The highest BCUT2D eigenvalue weighted by atomic mass is 16.5. The van der Waals surface area contributed by atoms with E-state index in [1.54, 1.807) is 12.1 Å². The Bertz CT molecular complexity index is 1260. The van der Waals surface area contributed by atoms with Crippen molar-refractivity contribution in [1.29, 1.82) is 0 Å². The van der Waals surface area contributed by atoms with Gasteiger partial charge in [0.1, 0.15) is 5.76 Å². The normalized spacial score (nSPS) is 14.8. The standard InChI is InChI=1S/C26H27N3O3/c1-16-24(17(2)32-28-16)21-12-23-25(27-13-21)22(19-8-10-20(11-9-19)26(30)31)15-29(23)14-18-6-4-3-5-7-18/h8-13,15,18H,3-7,14H2,1-2H3,(H,30,31). The SMILES string of the molecule is Cc1noc(C)c1-c1cnc2c(-c3ccc(C(=O)O)cc3)cn(CC3CCCCC3)c2c1. The molecule has 32 heavy (non-hydrogen) atoms. The van der Waals surface area contributed by atoms with E-state index in [9.17, 15) is 9.90 Å². The van der Waals surface area contributed by atoms with Crippen LogP contribution < -0.4 is 0 Å². The second-order valence-electron chi connectivity index (χ2n) is 8.87. The summed E-state index contributed by atoms with van der Waals surface area (Å²) in [6, 6.07) is 9.23. The predicted molar refractivity (Wildman–Crippen MR) is 124 cm³/mol. The Hall–Kier alpha value is -3.41. The number of benzene rings is 1. The molecule has 0 radical (unpaired) electrons. The molecular weight excluding hydrogens is 402 g/mol. The monoisotopic (exact) mass is 429 g/mol. The van der Waals surface area contributed by atoms with Crippen molar-refractivity contribution in [1.82, 2.24) is 14.7 Å². The lowest BCUT2D eigenvalue weighted by molar-refractivity contribution is 0.0697. The molecule has 0 unspecified atom stereocenters. The highest BCUT2D eigenvalue weighted by Gasteiger charge is 2.20. The summed E-state index contributed by atoms with van der Waals surface area (Å²) >= 11 is 0. The zero-order valence-corrected chi connectivity index (χ0v) is 18.5. The summed E-state index contributed by atoms with van der Waals surface area (Å²) in [5.41, 5.74) is 7.16. The lowest BCUT2D eigenvalue weighted by Gasteiger charge is -2.22. The Kier molecular flexibility index (Phi) is 5.29. The molecule has 6 nitrogen and oxygen atoms in total. The van der Waals surface area contributed by atoms with Gasteiger partial charge in [-0.3, -0.25) is 4.98 Å². The highest BCUT2D eigenvalue weighted by molar-refractivity contribution is 5.96. The van der Waals surface area contributed by atoms with Crippen LogP contribution in [0.3, 0.4) is 0 Å². The Morgan fingerprint density at radius 2 is 1.88 bits per heavy atom. The van der Waals surface area contributed by atoms with E-state index < -0.39 is 5.97 Å². The second kappa shape index (κ2) is 8.26. The van der Waals surface area contributed by atoms with Gasteiger partial charge in [0.15, 0.2) is 0 Å². The van der Waals surface area contributed by atoms with E-state index in [1.807, 2.05) is 32.2 Å². The maximum absolute atomic E-state index is 11.3. The zero-order chi connectivity index (χ0) is 22.2. The number of carboxylic acid groups (broad SMARTS) is 1. The molecule has 1 aromatic carbocycles. The van der Waals surface area contributed by atoms with E-state index in [1.165, 1.54) is 32.1 Å². The number of aromatic carboxylic acids is 1. The van der Waals surface area contributed by atoms with Gasteiger partial charge in [0.25, 0.3) is 0 Å². The largest absolute Gasteiger partial charge is 0.478 e. The fourth-order valence-corrected chi connectivity index (χ4v) is 5.00. The maximum atomic E-state index is 11.3. The number of carbonyl (C=O) groups is 1. The van der Waals surface area contributed by atoms with E-state index in [-0.39, 0.29) is 5.56 Å². The fourth-order valence-electron chi connectivity index (χ4n) is 5.00. The summed E-state index contributed by atoms with van der Waals surface area (Å²) < 4.78 is 7.72. The number of pyridine rings is 1. The molecule has 1 fully saturated rings. The zero-order valence-electron chi connectivity index (χ0n) is 18.5. The van der Waals surface area contributed by atoms with Gasteiger partial charge in [0, 0.05) is 35.6 Å². The predicted octanol–water partition coefficient (Wildman–Crippen LogP) is 6.25. The molecule has 164 valence electrons. The summed E-state index contributed by atoms with van der Waals surface area (Å²) in [6.45, 7) is 4.85. The van der Waals surface area contributed by atoms with Gasteiger partial charge in [-0.1, -0.05) is 36.6 Å². The van der Waals surface area contributed by atoms with Crippen LogP contribution in [-0.2, 0) is 6.54 Å². The Morgan fingerprint density at radius 3 is 2.53 bits per heavy atom. The molecule has 0 bridgehead atoms. The van der Waals surface area contributed by atoms with Gasteiger partial charge in [0.2, 0.25) is 0 Å². The fraction of sp³-hybridized carbons (Fsp3) is 0.346. The van der Waals surface area contributed by atoms with Crippen LogP contribution in [0, 0.1) is 19.8 Å². The number of rotatable bonds is 5. The molecule has 0 spiro atoms. The second-order valence-corrected chi connectivity index (χ2v) is 8.87. The Labute approximate surface area is 186 Å². The van der Waals surface area contributed by atoms with E-state index in [4.69, 9.17) is 9.51 Å². The molecule has 0 aliphatic heterocycles. The van der Waals surface area contributed by atoms with Crippen molar-refractivity contribution in [2.24, 2.45) is 5.92 Å². The van der Waals surface area contributed by atoms with Crippen LogP contribution >= 0.6 is 0 Å². The van der Waals surface area contributed by atoms with Crippen LogP contribution in [0.5, 0.6) is 0 Å². The smallest absolute Gasteiger partial charge is 0.335 e. The molecular formula is C26H27N3O3. The van der Waals surface area contributed by atoms with Crippen LogP contribution in [0.4, 0.5) is 0 Å². The number of carboxylic acids is 1. The molecule has 1 aliphatic carbocycles. The molecule has 4 aromatic rings. The molecule has 5 rings (SSSR count). The molecule has 3 heterocycles. The summed E-state index contributed by atoms with van der Waals surface area (Å²) in [4.78, 5) is 16.1. The van der Waals surface area contributed by atoms with Crippen molar-refractivity contribution in [3.05, 3.63) is 59.7 Å². The third kappa shape index (κ3) is 3.70. The number of aromatic nitrogens is 3. The summed E-state index contributed by atoms with van der Waals surface area (Å²) in [6.07, 6.45) is 10.5. The first-order chi connectivity index (χ1) is 15.5. The minimum atomic E-state index is -0.918. The molecule has 1 N–H and O–H groups in total. The molecule has 6 heteroatoms. The Balaban J connectivity index is 1.63. The molecule has 1 aliphatic rings. The van der Waals surface area contributed by atoms with Crippen molar-refractivity contribution >= 4 is 17.0 Å². The number of aryl methyl sites for hydroxylation is 2. The maximum Gasteiger partial charge on any atom is 0.335 e. The quantitative estimate of drug-likeness (QED) is 0.405.